The van der Waals surface area contributed by atoms with Gasteiger partial charge in [-0.05, 0) is 38.2 Å². The molecule has 5 rings (SSSR count). The molecule has 2 atom stereocenters. The van der Waals surface area contributed by atoms with Crippen molar-refractivity contribution in [3.8, 4) is 0 Å². The van der Waals surface area contributed by atoms with Crippen molar-refractivity contribution in [3.05, 3.63) is 46.8 Å². The first-order valence-electron chi connectivity index (χ1n) is 9.61. The monoisotopic (exact) mass is 379 g/mol. The third kappa shape index (κ3) is 2.75. The van der Waals surface area contributed by atoms with E-state index in [0.29, 0.717) is 41.9 Å². The van der Waals surface area contributed by atoms with Crippen molar-refractivity contribution in [2.24, 2.45) is 5.92 Å². The van der Waals surface area contributed by atoms with E-state index in [1.165, 1.54) is 0 Å². The van der Waals surface area contributed by atoms with E-state index >= 15 is 0 Å². The lowest BCUT2D eigenvalue weighted by Crippen LogP contribution is -2.31. The first-order valence-corrected chi connectivity index (χ1v) is 9.61. The quantitative estimate of drug-likeness (QED) is 0.735. The zero-order valence-electron chi connectivity index (χ0n) is 15.6. The second-order valence-corrected chi connectivity index (χ2v) is 7.65. The topological polar surface area (TPSA) is 105 Å². The molecule has 1 aliphatic carbocycles. The van der Waals surface area contributed by atoms with E-state index in [2.05, 4.69) is 20.1 Å². The molecule has 28 heavy (non-hydrogen) atoms. The summed E-state index contributed by atoms with van der Waals surface area (Å²) >= 11 is 0. The number of carbonyl (C=O) groups is 1. The number of aryl methyl sites for hydroxylation is 2. The zero-order valence-corrected chi connectivity index (χ0v) is 15.6. The van der Waals surface area contributed by atoms with Crippen molar-refractivity contribution in [2.45, 2.75) is 38.7 Å². The van der Waals surface area contributed by atoms with Crippen LogP contribution in [0, 0.1) is 12.8 Å². The van der Waals surface area contributed by atoms with Crippen LogP contribution in [0.15, 0.2) is 23.1 Å². The van der Waals surface area contributed by atoms with Crippen LogP contribution >= 0.6 is 0 Å². The van der Waals surface area contributed by atoms with Gasteiger partial charge in [-0.1, -0.05) is 5.16 Å². The van der Waals surface area contributed by atoms with Crippen LogP contribution in [0.2, 0.25) is 0 Å². The predicted octanol–water partition coefficient (Wildman–Crippen LogP) is 1.49. The summed E-state index contributed by atoms with van der Waals surface area (Å²) in [6.07, 6.45) is 7.66. The molecule has 1 fully saturated rings. The van der Waals surface area contributed by atoms with E-state index in [4.69, 9.17) is 4.52 Å². The summed E-state index contributed by atoms with van der Waals surface area (Å²) in [6.45, 7) is 2.63. The Bertz CT molecular complexity index is 1050. The van der Waals surface area contributed by atoms with E-state index in [1.54, 1.807) is 23.5 Å². The van der Waals surface area contributed by atoms with Crippen LogP contribution < -0.4 is 0 Å². The third-order valence-corrected chi connectivity index (χ3v) is 5.82. The van der Waals surface area contributed by atoms with Gasteiger partial charge in [0.2, 0.25) is 0 Å². The summed E-state index contributed by atoms with van der Waals surface area (Å²) in [5.74, 6) is -0.132. The van der Waals surface area contributed by atoms with Gasteiger partial charge < -0.3 is 14.5 Å². The van der Waals surface area contributed by atoms with Crippen LogP contribution in [-0.4, -0.2) is 55.2 Å². The summed E-state index contributed by atoms with van der Waals surface area (Å²) in [6, 6.07) is 0. The van der Waals surface area contributed by atoms with Crippen molar-refractivity contribution in [2.75, 3.05) is 13.1 Å². The summed E-state index contributed by atoms with van der Waals surface area (Å²) in [4.78, 5) is 28.2. The number of nitrogens with zero attached hydrogens (tertiary/aromatic N) is 5. The number of fused-ring (bicyclic) bond motifs is 2. The van der Waals surface area contributed by atoms with E-state index in [0.717, 1.165) is 36.2 Å². The minimum Gasteiger partial charge on any atom is -0.391 e. The van der Waals surface area contributed by atoms with E-state index in [-0.39, 0.29) is 11.8 Å². The SMILES string of the molecule is Cc1noc2nc3c(c(C(=O)N4CC(O)C(Cc5cnccn5)C4)c12)CCC3. The van der Waals surface area contributed by atoms with E-state index in [1.807, 2.05) is 6.92 Å². The number of aliphatic hydroxyl groups excluding tert-OH is 1. The summed E-state index contributed by atoms with van der Waals surface area (Å²) in [5.41, 5.74) is 4.53. The number of likely N-dealkylation sites (tertiary alicyclic amines) is 1. The Labute approximate surface area is 161 Å². The standard InChI is InChI=1S/C20H21N5O3/c1-11-17-18(14-3-2-4-15(14)23-19(17)28-24-11)20(27)25-9-12(16(26)10-25)7-13-8-21-5-6-22-13/h5-6,8,12,16,26H,2-4,7,9-10H2,1H3. The maximum atomic E-state index is 13.5. The smallest absolute Gasteiger partial charge is 0.259 e. The second-order valence-electron chi connectivity index (χ2n) is 7.65. The molecule has 1 amide bonds. The molecule has 8 nitrogen and oxygen atoms in total. The predicted molar refractivity (Wildman–Crippen MR) is 99.7 cm³/mol. The summed E-state index contributed by atoms with van der Waals surface area (Å²) < 4.78 is 5.35. The van der Waals surface area contributed by atoms with Gasteiger partial charge >= 0.3 is 0 Å². The van der Waals surface area contributed by atoms with Crippen LogP contribution in [0.1, 0.15) is 39.4 Å². The number of β-amino-alcohol motifs (C(OH)–C–C–N with tert-alkyl or cyclic N) is 1. The lowest BCUT2D eigenvalue weighted by atomic mass is 10.00. The van der Waals surface area contributed by atoms with Crippen molar-refractivity contribution in [3.63, 3.8) is 0 Å². The van der Waals surface area contributed by atoms with Crippen molar-refractivity contribution in [1.82, 2.24) is 25.0 Å². The average molecular weight is 379 g/mol. The van der Waals surface area contributed by atoms with Gasteiger partial charge in [0.15, 0.2) is 0 Å². The van der Waals surface area contributed by atoms with Crippen molar-refractivity contribution >= 4 is 17.0 Å². The number of rotatable bonds is 3. The molecule has 2 unspecified atom stereocenters. The Morgan fingerprint density at radius 2 is 2.21 bits per heavy atom. The van der Waals surface area contributed by atoms with Gasteiger partial charge in [-0.15, -0.1) is 0 Å². The first-order chi connectivity index (χ1) is 13.6. The highest BCUT2D eigenvalue weighted by Crippen LogP contribution is 2.34. The lowest BCUT2D eigenvalue weighted by Gasteiger charge is -2.18. The molecule has 0 radical (unpaired) electrons. The highest BCUT2D eigenvalue weighted by atomic mass is 16.5. The van der Waals surface area contributed by atoms with Gasteiger partial charge in [0.25, 0.3) is 11.6 Å². The number of hydrogen-bond donors (Lipinski definition) is 1. The number of hydrogen-bond acceptors (Lipinski definition) is 7. The number of pyridine rings is 1. The van der Waals surface area contributed by atoms with Gasteiger partial charge in [0.05, 0.1) is 28.4 Å². The molecule has 0 aromatic carbocycles. The van der Waals surface area contributed by atoms with Gasteiger partial charge in [-0.25, -0.2) is 4.98 Å². The minimum absolute atomic E-state index is 0.0606. The number of amides is 1. The molecule has 0 saturated carbocycles. The maximum Gasteiger partial charge on any atom is 0.259 e. The fourth-order valence-electron chi connectivity index (χ4n) is 4.43. The number of aromatic nitrogens is 4. The number of carbonyl (C=O) groups excluding carboxylic acids is 1. The molecule has 2 aliphatic rings. The second kappa shape index (κ2) is 6.63. The highest BCUT2D eigenvalue weighted by Gasteiger charge is 2.37. The average Bonchev–Trinajstić information content (AvgIpc) is 3.40. The molecule has 4 heterocycles. The van der Waals surface area contributed by atoms with Gasteiger partial charge in [0.1, 0.15) is 0 Å². The Hall–Kier alpha value is -2.87. The summed E-state index contributed by atoms with van der Waals surface area (Å²) in [7, 11) is 0. The van der Waals surface area contributed by atoms with Gasteiger partial charge in [-0.3, -0.25) is 14.8 Å². The Morgan fingerprint density at radius 3 is 3.04 bits per heavy atom. The summed E-state index contributed by atoms with van der Waals surface area (Å²) in [5, 5.41) is 15.3. The van der Waals surface area contributed by atoms with Crippen LogP contribution in [0.3, 0.4) is 0 Å². The fourth-order valence-corrected chi connectivity index (χ4v) is 4.43. The maximum absolute atomic E-state index is 13.5. The van der Waals surface area contributed by atoms with Crippen LogP contribution in [-0.2, 0) is 19.3 Å². The molecule has 0 spiro atoms. The number of aliphatic hydroxyl groups is 1. The Morgan fingerprint density at radius 1 is 1.32 bits per heavy atom. The molecule has 8 heteroatoms. The van der Waals surface area contributed by atoms with Gasteiger partial charge in [-0.2, -0.15) is 0 Å². The fraction of sp³-hybridized carbons (Fsp3) is 0.450. The van der Waals surface area contributed by atoms with Crippen LogP contribution in [0.5, 0.6) is 0 Å². The van der Waals surface area contributed by atoms with Gasteiger partial charge in [0, 0.05) is 43.3 Å². The van der Waals surface area contributed by atoms with E-state index in [9.17, 15) is 9.90 Å². The molecule has 1 saturated heterocycles. The van der Waals surface area contributed by atoms with Crippen LogP contribution in [0.4, 0.5) is 0 Å². The first kappa shape index (κ1) is 17.2. The van der Waals surface area contributed by atoms with Crippen LogP contribution in [0.25, 0.3) is 11.1 Å². The minimum atomic E-state index is -0.583. The normalized spacial score (nSPS) is 21.4. The third-order valence-electron chi connectivity index (χ3n) is 5.82. The molecule has 1 N–H and O–H groups in total. The molecule has 3 aromatic heterocycles. The highest BCUT2D eigenvalue weighted by molar-refractivity contribution is 6.07. The van der Waals surface area contributed by atoms with E-state index < -0.39 is 6.10 Å². The molecular weight excluding hydrogens is 358 g/mol. The van der Waals surface area contributed by atoms with Crippen molar-refractivity contribution in [1.29, 1.82) is 0 Å². The largest absolute Gasteiger partial charge is 0.391 e. The molecule has 1 aliphatic heterocycles. The lowest BCUT2D eigenvalue weighted by molar-refractivity contribution is 0.0765. The molecule has 3 aromatic rings. The van der Waals surface area contributed by atoms with Crippen molar-refractivity contribution < 1.29 is 14.4 Å². The molecular formula is C20H21N5O3. The molecule has 0 bridgehead atoms. The Kier molecular flexibility index (Phi) is 4.08. The molecule has 144 valence electrons. The zero-order chi connectivity index (χ0) is 19.3. The Balaban J connectivity index is 1.47.